The molecule has 21 heavy (non-hydrogen) atoms. The Morgan fingerprint density at radius 3 is 2.62 bits per heavy atom. The van der Waals surface area contributed by atoms with Gasteiger partial charge in [-0.3, -0.25) is 0 Å². The summed E-state index contributed by atoms with van der Waals surface area (Å²) < 4.78 is 5.87. The molecule has 2 rings (SSSR count). The summed E-state index contributed by atoms with van der Waals surface area (Å²) in [5.41, 5.74) is 1.80. The monoisotopic (exact) mass is 289 g/mol. The van der Waals surface area contributed by atoms with Gasteiger partial charge in [0.2, 0.25) is 0 Å². The third kappa shape index (κ3) is 5.70. The zero-order valence-corrected chi connectivity index (χ0v) is 14.1. The third-order valence-corrected chi connectivity index (χ3v) is 4.62. The summed E-state index contributed by atoms with van der Waals surface area (Å²) in [6, 6.07) is 9.36. The van der Waals surface area contributed by atoms with Crippen molar-refractivity contribution in [1.29, 1.82) is 0 Å². The van der Waals surface area contributed by atoms with Crippen LogP contribution < -0.4 is 10.1 Å². The molecule has 1 aromatic carbocycles. The average molecular weight is 289 g/mol. The van der Waals surface area contributed by atoms with Gasteiger partial charge in [0.05, 0.1) is 0 Å². The fourth-order valence-corrected chi connectivity index (χ4v) is 3.13. The highest BCUT2D eigenvalue weighted by Crippen LogP contribution is 2.33. The topological polar surface area (TPSA) is 21.3 Å². The van der Waals surface area contributed by atoms with Crippen molar-refractivity contribution in [3.8, 4) is 5.75 Å². The smallest absolute Gasteiger partial charge is 0.119 e. The van der Waals surface area contributed by atoms with Gasteiger partial charge < -0.3 is 10.1 Å². The van der Waals surface area contributed by atoms with Crippen molar-refractivity contribution in [1.82, 2.24) is 5.32 Å². The Labute approximate surface area is 130 Å². The Hall–Kier alpha value is -1.02. The molecule has 1 saturated carbocycles. The maximum absolute atomic E-state index is 5.87. The molecule has 1 fully saturated rings. The molecule has 2 atom stereocenters. The molecule has 0 aromatic heterocycles. The molecule has 0 aliphatic heterocycles. The zero-order chi connectivity index (χ0) is 15.3. The lowest BCUT2D eigenvalue weighted by molar-refractivity contribution is 0.252. The molecule has 2 unspecified atom stereocenters. The average Bonchev–Trinajstić information content (AvgIpc) is 2.60. The highest BCUT2D eigenvalue weighted by Gasteiger charge is 2.24. The first kappa shape index (κ1) is 16.4. The summed E-state index contributed by atoms with van der Waals surface area (Å²) in [6.45, 7) is 9.87. The van der Waals surface area contributed by atoms with Crippen molar-refractivity contribution in [2.45, 2.75) is 71.9 Å². The Kier molecular flexibility index (Phi) is 5.69. The summed E-state index contributed by atoms with van der Waals surface area (Å²) in [5, 5.41) is 3.75. The van der Waals surface area contributed by atoms with E-state index in [4.69, 9.17) is 4.74 Å². The molecule has 1 aliphatic carbocycles. The first-order valence-electron chi connectivity index (χ1n) is 8.40. The number of benzene rings is 1. The standard InChI is InChI=1S/C19H31NO/c1-15-7-9-18(10-8-15)21-14-16(2)20-17-6-5-12-19(3,4)13-11-17/h7-10,16-17,20H,5-6,11-14H2,1-4H3. The molecule has 1 aromatic rings. The van der Waals surface area contributed by atoms with Gasteiger partial charge in [0, 0.05) is 12.1 Å². The minimum atomic E-state index is 0.400. The first-order chi connectivity index (χ1) is 9.94. The van der Waals surface area contributed by atoms with E-state index in [1.807, 2.05) is 0 Å². The Morgan fingerprint density at radius 1 is 1.19 bits per heavy atom. The van der Waals surface area contributed by atoms with Crippen LogP contribution in [0.3, 0.4) is 0 Å². The van der Waals surface area contributed by atoms with Crippen molar-refractivity contribution in [3.05, 3.63) is 29.8 Å². The number of nitrogens with one attached hydrogen (secondary N) is 1. The quantitative estimate of drug-likeness (QED) is 0.793. The van der Waals surface area contributed by atoms with E-state index in [0.29, 0.717) is 17.5 Å². The number of hydrogen-bond acceptors (Lipinski definition) is 2. The maximum Gasteiger partial charge on any atom is 0.119 e. The Balaban J connectivity index is 1.74. The second-order valence-corrected chi connectivity index (χ2v) is 7.48. The maximum atomic E-state index is 5.87. The zero-order valence-electron chi connectivity index (χ0n) is 14.1. The van der Waals surface area contributed by atoms with Crippen LogP contribution in [0, 0.1) is 12.3 Å². The number of ether oxygens (including phenoxy) is 1. The van der Waals surface area contributed by atoms with Gasteiger partial charge in [-0.25, -0.2) is 0 Å². The lowest BCUT2D eigenvalue weighted by Gasteiger charge is -2.24. The molecule has 2 nitrogen and oxygen atoms in total. The fraction of sp³-hybridized carbons (Fsp3) is 0.684. The number of rotatable bonds is 5. The largest absolute Gasteiger partial charge is 0.492 e. The normalized spacial score (nSPS) is 23.3. The fourth-order valence-electron chi connectivity index (χ4n) is 3.13. The number of aryl methyl sites for hydroxylation is 1. The van der Waals surface area contributed by atoms with Crippen LogP contribution in [0.25, 0.3) is 0 Å². The van der Waals surface area contributed by atoms with Crippen molar-refractivity contribution in [3.63, 3.8) is 0 Å². The second-order valence-electron chi connectivity index (χ2n) is 7.48. The van der Waals surface area contributed by atoms with Gasteiger partial charge in [0.25, 0.3) is 0 Å². The lowest BCUT2D eigenvalue weighted by atomic mass is 9.85. The van der Waals surface area contributed by atoms with Crippen LogP contribution >= 0.6 is 0 Å². The molecule has 1 aliphatic rings. The lowest BCUT2D eigenvalue weighted by Crippen LogP contribution is -2.39. The van der Waals surface area contributed by atoms with E-state index < -0.39 is 0 Å². The van der Waals surface area contributed by atoms with Gasteiger partial charge in [-0.1, -0.05) is 38.0 Å². The van der Waals surface area contributed by atoms with E-state index in [0.717, 1.165) is 12.4 Å². The SMILES string of the molecule is Cc1ccc(OCC(C)NC2CCCC(C)(C)CC2)cc1. The van der Waals surface area contributed by atoms with Crippen molar-refractivity contribution in [2.75, 3.05) is 6.61 Å². The predicted molar refractivity (Wildman–Crippen MR) is 89.9 cm³/mol. The van der Waals surface area contributed by atoms with Crippen LogP contribution in [0.2, 0.25) is 0 Å². The second kappa shape index (κ2) is 7.31. The minimum absolute atomic E-state index is 0.400. The van der Waals surface area contributed by atoms with E-state index in [9.17, 15) is 0 Å². The molecule has 0 radical (unpaired) electrons. The predicted octanol–water partition coefficient (Wildman–Crippen LogP) is 4.71. The van der Waals surface area contributed by atoms with Crippen LogP contribution in [0.4, 0.5) is 0 Å². The highest BCUT2D eigenvalue weighted by molar-refractivity contribution is 5.26. The van der Waals surface area contributed by atoms with Crippen molar-refractivity contribution >= 4 is 0 Å². The van der Waals surface area contributed by atoms with Crippen LogP contribution in [0.15, 0.2) is 24.3 Å². The van der Waals surface area contributed by atoms with E-state index >= 15 is 0 Å². The molecule has 0 spiro atoms. The molecule has 2 heteroatoms. The summed E-state index contributed by atoms with van der Waals surface area (Å²) in [5.74, 6) is 0.969. The molecular formula is C19H31NO. The van der Waals surface area contributed by atoms with Gasteiger partial charge in [0.1, 0.15) is 12.4 Å². The minimum Gasteiger partial charge on any atom is -0.492 e. The highest BCUT2D eigenvalue weighted by atomic mass is 16.5. The van der Waals surface area contributed by atoms with Crippen LogP contribution in [-0.4, -0.2) is 18.7 Å². The summed E-state index contributed by atoms with van der Waals surface area (Å²) in [4.78, 5) is 0. The molecule has 1 N–H and O–H groups in total. The van der Waals surface area contributed by atoms with Crippen molar-refractivity contribution < 1.29 is 4.74 Å². The van der Waals surface area contributed by atoms with Crippen LogP contribution in [0.5, 0.6) is 5.75 Å². The summed E-state index contributed by atoms with van der Waals surface area (Å²) >= 11 is 0. The van der Waals surface area contributed by atoms with E-state index in [1.165, 1.54) is 37.7 Å². The molecule has 0 heterocycles. The molecule has 0 bridgehead atoms. The summed E-state index contributed by atoms with van der Waals surface area (Å²) in [7, 11) is 0. The molecule has 0 amide bonds. The van der Waals surface area contributed by atoms with E-state index in [2.05, 4.69) is 57.3 Å². The first-order valence-corrected chi connectivity index (χ1v) is 8.40. The van der Waals surface area contributed by atoms with Crippen molar-refractivity contribution in [2.24, 2.45) is 5.41 Å². The molecule has 118 valence electrons. The van der Waals surface area contributed by atoms with Crippen LogP contribution in [-0.2, 0) is 0 Å². The van der Waals surface area contributed by atoms with Gasteiger partial charge >= 0.3 is 0 Å². The van der Waals surface area contributed by atoms with E-state index in [-0.39, 0.29) is 0 Å². The number of hydrogen-bond donors (Lipinski definition) is 1. The Bertz CT molecular complexity index is 424. The van der Waals surface area contributed by atoms with Gasteiger partial charge in [-0.05, 0) is 57.1 Å². The summed E-state index contributed by atoms with van der Waals surface area (Å²) in [6.07, 6.45) is 6.63. The molecule has 0 saturated heterocycles. The molecular weight excluding hydrogens is 258 g/mol. The van der Waals surface area contributed by atoms with Gasteiger partial charge in [-0.2, -0.15) is 0 Å². The van der Waals surface area contributed by atoms with Gasteiger partial charge in [0.15, 0.2) is 0 Å². The van der Waals surface area contributed by atoms with Crippen LogP contribution in [0.1, 0.15) is 58.4 Å². The van der Waals surface area contributed by atoms with E-state index in [1.54, 1.807) is 0 Å². The van der Waals surface area contributed by atoms with Gasteiger partial charge in [-0.15, -0.1) is 0 Å². The Morgan fingerprint density at radius 2 is 1.90 bits per heavy atom. The third-order valence-electron chi connectivity index (χ3n) is 4.62.